The maximum Gasteiger partial charge on any atom is 0.224 e. The maximum absolute atomic E-state index is 11.4. The zero-order valence-electron chi connectivity index (χ0n) is 8.09. The minimum Gasteiger partial charge on any atom is -0.330 e. The lowest BCUT2D eigenvalue weighted by Crippen LogP contribution is -2.13. The lowest BCUT2D eigenvalue weighted by molar-refractivity contribution is -0.116. The van der Waals surface area contributed by atoms with Gasteiger partial charge >= 0.3 is 0 Å². The molecular formula is C10H12BrClN2O. The van der Waals surface area contributed by atoms with Crippen molar-refractivity contribution >= 4 is 39.1 Å². The number of amides is 1. The summed E-state index contributed by atoms with van der Waals surface area (Å²) in [6.45, 7) is 0.518. The van der Waals surface area contributed by atoms with Crippen LogP contribution in [0.1, 0.15) is 12.8 Å². The van der Waals surface area contributed by atoms with Crippen molar-refractivity contribution in [3.8, 4) is 0 Å². The minimum atomic E-state index is -0.0524. The molecule has 0 spiro atoms. The molecule has 1 aromatic carbocycles. The lowest BCUT2D eigenvalue weighted by atomic mass is 10.2. The molecule has 15 heavy (non-hydrogen) atoms. The Hall–Kier alpha value is -0.580. The Balaban J connectivity index is 2.64. The van der Waals surface area contributed by atoms with E-state index in [1.165, 1.54) is 0 Å². The Labute approximate surface area is 102 Å². The fraction of sp³-hybridized carbons (Fsp3) is 0.300. The van der Waals surface area contributed by atoms with E-state index < -0.39 is 0 Å². The van der Waals surface area contributed by atoms with Crippen molar-refractivity contribution in [1.82, 2.24) is 0 Å². The predicted octanol–water partition coefficient (Wildman–Crippen LogP) is 2.78. The summed E-state index contributed by atoms with van der Waals surface area (Å²) in [5.41, 5.74) is 6.00. The lowest BCUT2D eigenvalue weighted by Gasteiger charge is -2.07. The van der Waals surface area contributed by atoms with Crippen molar-refractivity contribution in [3.63, 3.8) is 0 Å². The van der Waals surface area contributed by atoms with Gasteiger partial charge in [-0.3, -0.25) is 4.79 Å². The molecule has 1 aromatic rings. The first-order chi connectivity index (χ1) is 7.15. The average Bonchev–Trinajstić information content (AvgIpc) is 2.22. The summed E-state index contributed by atoms with van der Waals surface area (Å²) in [7, 11) is 0. The van der Waals surface area contributed by atoms with Gasteiger partial charge in [0.05, 0.1) is 15.2 Å². The van der Waals surface area contributed by atoms with Gasteiger partial charge in [0.25, 0.3) is 0 Å². The Morgan fingerprint density at radius 1 is 1.53 bits per heavy atom. The first kappa shape index (κ1) is 12.5. The van der Waals surface area contributed by atoms with E-state index in [-0.39, 0.29) is 5.91 Å². The highest BCUT2D eigenvalue weighted by molar-refractivity contribution is 9.10. The van der Waals surface area contributed by atoms with Gasteiger partial charge < -0.3 is 11.1 Å². The molecule has 0 unspecified atom stereocenters. The van der Waals surface area contributed by atoms with E-state index in [1.807, 2.05) is 0 Å². The molecule has 1 amide bonds. The third kappa shape index (κ3) is 3.81. The van der Waals surface area contributed by atoms with Crippen LogP contribution in [0.2, 0.25) is 5.02 Å². The molecule has 0 saturated heterocycles. The molecule has 0 radical (unpaired) electrons. The van der Waals surface area contributed by atoms with Crippen molar-refractivity contribution in [2.24, 2.45) is 5.73 Å². The zero-order chi connectivity index (χ0) is 11.3. The van der Waals surface area contributed by atoms with Crippen LogP contribution in [0.4, 0.5) is 5.69 Å². The highest BCUT2D eigenvalue weighted by Crippen LogP contribution is 2.29. The molecule has 0 saturated carbocycles. The van der Waals surface area contributed by atoms with E-state index in [0.29, 0.717) is 34.6 Å². The summed E-state index contributed by atoms with van der Waals surface area (Å²) < 4.78 is 0.702. The number of anilines is 1. The van der Waals surface area contributed by atoms with Gasteiger partial charge in [-0.2, -0.15) is 0 Å². The average molecular weight is 292 g/mol. The standard InChI is InChI=1S/C10H12BrClN2O/c11-10-7(12)3-1-4-8(10)14-9(15)5-2-6-13/h1,3-4H,2,5-6,13H2,(H,14,15). The Bertz CT molecular complexity index is 357. The number of carbonyl (C=O) groups is 1. The van der Waals surface area contributed by atoms with E-state index in [0.717, 1.165) is 0 Å². The van der Waals surface area contributed by atoms with Crippen LogP contribution in [0, 0.1) is 0 Å². The molecule has 0 heterocycles. The number of halogens is 2. The van der Waals surface area contributed by atoms with Gasteiger partial charge in [0.1, 0.15) is 0 Å². The van der Waals surface area contributed by atoms with Gasteiger partial charge in [-0.15, -0.1) is 0 Å². The molecule has 0 aliphatic heterocycles. The van der Waals surface area contributed by atoms with Crippen molar-refractivity contribution in [3.05, 3.63) is 27.7 Å². The quantitative estimate of drug-likeness (QED) is 0.896. The van der Waals surface area contributed by atoms with Gasteiger partial charge in [0.15, 0.2) is 0 Å². The first-order valence-electron chi connectivity index (χ1n) is 4.59. The van der Waals surface area contributed by atoms with Crippen LogP contribution in [0.25, 0.3) is 0 Å². The molecule has 0 fully saturated rings. The molecule has 0 aliphatic rings. The number of nitrogens with two attached hydrogens (primary N) is 1. The van der Waals surface area contributed by atoms with Crippen molar-refractivity contribution in [2.45, 2.75) is 12.8 Å². The number of benzene rings is 1. The summed E-state index contributed by atoms with van der Waals surface area (Å²) in [5.74, 6) is -0.0524. The van der Waals surface area contributed by atoms with Crippen molar-refractivity contribution < 1.29 is 4.79 Å². The van der Waals surface area contributed by atoms with Crippen LogP contribution in [0.5, 0.6) is 0 Å². The van der Waals surface area contributed by atoms with E-state index in [9.17, 15) is 4.79 Å². The van der Waals surface area contributed by atoms with E-state index >= 15 is 0 Å². The van der Waals surface area contributed by atoms with Crippen molar-refractivity contribution in [1.29, 1.82) is 0 Å². The van der Waals surface area contributed by atoms with Gasteiger partial charge in [-0.1, -0.05) is 17.7 Å². The number of nitrogens with one attached hydrogen (secondary N) is 1. The summed E-state index contributed by atoms with van der Waals surface area (Å²) in [6, 6.07) is 5.32. The molecule has 5 heteroatoms. The number of rotatable bonds is 4. The molecule has 82 valence electrons. The number of hydrogen-bond donors (Lipinski definition) is 2. The highest BCUT2D eigenvalue weighted by Gasteiger charge is 2.06. The SMILES string of the molecule is NCCCC(=O)Nc1cccc(Cl)c1Br. The van der Waals surface area contributed by atoms with Gasteiger partial charge in [0, 0.05) is 6.42 Å². The monoisotopic (exact) mass is 290 g/mol. The molecule has 3 N–H and O–H groups in total. The normalized spacial score (nSPS) is 10.1. The number of hydrogen-bond acceptors (Lipinski definition) is 2. The molecule has 0 atom stereocenters. The largest absolute Gasteiger partial charge is 0.330 e. The van der Waals surface area contributed by atoms with Crippen LogP contribution in [-0.2, 0) is 4.79 Å². The summed E-state index contributed by atoms with van der Waals surface area (Å²) in [4.78, 5) is 11.4. The van der Waals surface area contributed by atoms with Gasteiger partial charge in [0.2, 0.25) is 5.91 Å². The molecule has 0 bridgehead atoms. The van der Waals surface area contributed by atoms with Crippen LogP contribution >= 0.6 is 27.5 Å². The molecule has 1 rings (SSSR count). The molecule has 0 aromatic heterocycles. The van der Waals surface area contributed by atoms with E-state index in [4.69, 9.17) is 17.3 Å². The van der Waals surface area contributed by atoms with Crippen LogP contribution in [0.3, 0.4) is 0 Å². The summed E-state index contributed by atoms with van der Waals surface area (Å²) >= 11 is 9.19. The van der Waals surface area contributed by atoms with E-state index in [2.05, 4.69) is 21.2 Å². The van der Waals surface area contributed by atoms with Crippen molar-refractivity contribution in [2.75, 3.05) is 11.9 Å². The second-order valence-electron chi connectivity index (χ2n) is 3.04. The third-order valence-electron chi connectivity index (χ3n) is 1.83. The van der Waals surface area contributed by atoms with Crippen LogP contribution in [-0.4, -0.2) is 12.5 Å². The van der Waals surface area contributed by atoms with Gasteiger partial charge in [-0.05, 0) is 41.0 Å². The molecular weight excluding hydrogens is 279 g/mol. The number of carbonyl (C=O) groups excluding carboxylic acids is 1. The molecule has 0 aliphatic carbocycles. The maximum atomic E-state index is 11.4. The van der Waals surface area contributed by atoms with Crippen LogP contribution < -0.4 is 11.1 Å². The Morgan fingerprint density at radius 3 is 2.93 bits per heavy atom. The van der Waals surface area contributed by atoms with Gasteiger partial charge in [-0.25, -0.2) is 0 Å². The predicted molar refractivity (Wildman–Crippen MR) is 66.1 cm³/mol. The second kappa shape index (κ2) is 6.10. The third-order valence-corrected chi connectivity index (χ3v) is 3.23. The Morgan fingerprint density at radius 2 is 2.27 bits per heavy atom. The summed E-state index contributed by atoms with van der Waals surface area (Å²) in [6.07, 6.45) is 1.11. The van der Waals surface area contributed by atoms with E-state index in [1.54, 1.807) is 18.2 Å². The fourth-order valence-corrected chi connectivity index (χ4v) is 1.61. The topological polar surface area (TPSA) is 55.1 Å². The van der Waals surface area contributed by atoms with Crippen LogP contribution in [0.15, 0.2) is 22.7 Å². The molecule has 3 nitrogen and oxygen atoms in total. The first-order valence-corrected chi connectivity index (χ1v) is 5.76. The fourth-order valence-electron chi connectivity index (χ4n) is 1.08. The Kier molecular flexibility index (Phi) is 5.08. The second-order valence-corrected chi connectivity index (χ2v) is 4.24. The zero-order valence-corrected chi connectivity index (χ0v) is 10.4. The highest BCUT2D eigenvalue weighted by atomic mass is 79.9. The summed E-state index contributed by atoms with van der Waals surface area (Å²) in [5, 5.41) is 3.34. The smallest absolute Gasteiger partial charge is 0.224 e. The minimum absolute atomic E-state index is 0.0524.